The van der Waals surface area contributed by atoms with E-state index in [4.69, 9.17) is 56.8 Å². The molecular weight excluding hydrogens is 1970 g/mol. The van der Waals surface area contributed by atoms with Gasteiger partial charge in [0.05, 0.1) is 74.0 Å². The molecule has 28 nitrogen and oxygen atoms in total. The van der Waals surface area contributed by atoms with Gasteiger partial charge in [0.15, 0.2) is 0 Å². The fourth-order valence-corrected chi connectivity index (χ4v) is 21.7. The highest BCUT2D eigenvalue weighted by Gasteiger charge is 2.25. The van der Waals surface area contributed by atoms with E-state index < -0.39 is 59.6 Å². The van der Waals surface area contributed by atoms with Crippen LogP contribution in [0.4, 0.5) is 0 Å². The first-order chi connectivity index (χ1) is 70.3. The van der Waals surface area contributed by atoms with E-state index in [0.29, 0.717) is 78.7 Å². The van der Waals surface area contributed by atoms with Gasteiger partial charge in [0.2, 0.25) is 0 Å². The van der Waals surface area contributed by atoms with Gasteiger partial charge in [-0.05, 0) is 82.3 Å². The zero-order valence-corrected chi connectivity index (χ0v) is 97.7. The van der Waals surface area contributed by atoms with Crippen LogP contribution >= 0.6 is 70.6 Å². The van der Waals surface area contributed by atoms with Crippen molar-refractivity contribution in [2.75, 3.05) is 228 Å². The van der Waals surface area contributed by atoms with Crippen LogP contribution in [-0.4, -0.2) is 319 Å². The second kappa shape index (κ2) is 104. The number of hydrogen-bond donors (Lipinski definition) is 0. The molecule has 0 aromatic carbocycles. The molecule has 6 unspecified atom stereocenters. The Labute approximate surface area is 904 Å². The van der Waals surface area contributed by atoms with Crippen LogP contribution in [0.25, 0.3) is 0 Å². The predicted molar refractivity (Wildman–Crippen MR) is 598 cm³/mol. The number of nitrogens with zero attached hydrogens (tertiary/aromatic N) is 4. The minimum atomic E-state index is -0.515. The Kier molecular flexibility index (Phi) is 101. The van der Waals surface area contributed by atoms with Crippen LogP contribution in [-0.2, 0) is 114 Å². The van der Waals surface area contributed by atoms with Crippen molar-refractivity contribution in [3.05, 3.63) is 0 Å². The van der Waals surface area contributed by atoms with Crippen molar-refractivity contribution < 1.29 is 114 Å². The molecule has 0 spiro atoms. The molecule has 145 heavy (non-hydrogen) atoms. The van der Waals surface area contributed by atoms with Crippen LogP contribution in [0.2, 0.25) is 0 Å². The zero-order chi connectivity index (χ0) is 107. The Morgan fingerprint density at radius 2 is 0.331 bits per heavy atom. The molecule has 6 atom stereocenters. The fraction of sp³-hybridized carbons (Fsp3) is 0.892. The first-order valence-corrected chi connectivity index (χ1v) is 63.4. The van der Waals surface area contributed by atoms with Crippen molar-refractivity contribution in [2.45, 2.75) is 371 Å². The lowest BCUT2D eigenvalue weighted by Crippen LogP contribution is -2.32. The second-order valence-electron chi connectivity index (χ2n) is 39.1. The monoisotopic (exact) mass is 2170 g/mol. The molecule has 0 saturated carbocycles. The quantitative estimate of drug-likeness (QED) is 0.0310. The minimum Gasteiger partial charge on any atom is -0.462 e. The van der Waals surface area contributed by atoms with E-state index in [-0.39, 0.29) is 192 Å². The van der Waals surface area contributed by atoms with Crippen molar-refractivity contribution >= 4 is 142 Å². The van der Waals surface area contributed by atoms with Crippen molar-refractivity contribution in [3.63, 3.8) is 0 Å². The Hall–Kier alpha value is -4.42. The van der Waals surface area contributed by atoms with Crippen LogP contribution in [0.3, 0.4) is 0 Å². The van der Waals surface area contributed by atoms with E-state index in [1.807, 2.05) is 61.4 Å². The maximum atomic E-state index is 13.1. The lowest BCUT2D eigenvalue weighted by Gasteiger charge is -2.22. The molecule has 0 fully saturated rings. The third-order valence-corrected chi connectivity index (χ3v) is 32.4. The molecule has 0 aromatic heterocycles. The highest BCUT2D eigenvalue weighted by molar-refractivity contribution is 8.00. The van der Waals surface area contributed by atoms with Gasteiger partial charge in [-0.3, -0.25) is 57.5 Å². The van der Waals surface area contributed by atoms with E-state index in [0.717, 1.165) is 61.7 Å². The first kappa shape index (κ1) is 141. The Morgan fingerprint density at radius 1 is 0.179 bits per heavy atom. The molecular formula is C111H204N4O24S6. The molecule has 0 aliphatic carbocycles. The largest absolute Gasteiger partial charge is 0.462 e. The van der Waals surface area contributed by atoms with Gasteiger partial charge >= 0.3 is 71.6 Å². The average molecular weight is 2170 g/mol. The van der Waals surface area contributed by atoms with Crippen LogP contribution in [0.15, 0.2) is 0 Å². The summed E-state index contributed by atoms with van der Waals surface area (Å²) < 4.78 is 65.5. The Morgan fingerprint density at radius 3 is 0.503 bits per heavy atom. The van der Waals surface area contributed by atoms with Crippen molar-refractivity contribution in [2.24, 2.45) is 35.5 Å². The van der Waals surface area contributed by atoms with Gasteiger partial charge in [-0.2, -0.15) is 70.6 Å². The van der Waals surface area contributed by atoms with E-state index in [1.54, 1.807) is 60.9 Å². The molecule has 0 amide bonds. The maximum absolute atomic E-state index is 13.1. The van der Waals surface area contributed by atoms with E-state index in [9.17, 15) is 57.5 Å². The number of unbranched alkanes of at least 4 members (excludes halogenated alkanes) is 36. The molecule has 0 saturated heterocycles. The minimum absolute atomic E-state index is 0.00898. The number of ether oxygens (including phenoxy) is 12. The van der Waals surface area contributed by atoms with Crippen molar-refractivity contribution in [3.8, 4) is 0 Å². The number of hydrogen-bond acceptors (Lipinski definition) is 34. The van der Waals surface area contributed by atoms with Crippen LogP contribution in [0.5, 0.6) is 0 Å². The molecule has 0 radical (unpaired) electrons. The summed E-state index contributed by atoms with van der Waals surface area (Å²) in [5.74, 6) is 1.18. The molecule has 0 heterocycles. The van der Waals surface area contributed by atoms with Gasteiger partial charge in [-0.1, -0.05) is 300 Å². The summed E-state index contributed by atoms with van der Waals surface area (Å²) >= 11 is 10.0. The third-order valence-electron chi connectivity index (χ3n) is 24.7. The van der Waals surface area contributed by atoms with Crippen molar-refractivity contribution in [1.29, 1.82) is 0 Å². The van der Waals surface area contributed by atoms with E-state index >= 15 is 0 Å². The normalized spacial score (nSPS) is 12.7. The standard InChI is InChI=1S/C111H204N4O24S6/c1-13-17-21-25-29-33-37-41-45-49-82-140-88-94(5)106(122)134-76-72-130-102(118)56-64-114(65-57-103(119)131-73-77-135-107(123)95(6)89-141-83-50-46-42-38-34-30-26-22-18-14-2)68-86-144-92-98(9)110(126)138-80-70-128-100(116)54-62-113(61-53-60-112(11)12)63-55-101(117)129-71-81-139-111(127)99(10)93-145-87-69-115(66-58-104(120)132-74-78-136-108(124)96(7)90-142-84-51-47-43-39-35-31-27-23-19-15-3)67-59-105(121)133-75-79-137-109(125)97(8)91-143-85-52-48-44-40-36-32-28-24-20-16-4/h94-99H,13-93H2,1-12H3. The lowest BCUT2D eigenvalue weighted by molar-refractivity contribution is -0.154. The van der Waals surface area contributed by atoms with Gasteiger partial charge in [0.1, 0.15) is 79.3 Å². The van der Waals surface area contributed by atoms with Gasteiger partial charge < -0.3 is 76.4 Å². The van der Waals surface area contributed by atoms with Gasteiger partial charge in [0.25, 0.3) is 0 Å². The predicted octanol–water partition coefficient (Wildman–Crippen LogP) is 22.6. The summed E-state index contributed by atoms with van der Waals surface area (Å²) in [6, 6.07) is 0. The summed E-state index contributed by atoms with van der Waals surface area (Å²) in [4.78, 5) is 163. The lowest BCUT2D eigenvalue weighted by atomic mass is 10.1. The highest BCUT2D eigenvalue weighted by atomic mass is 32.2. The number of esters is 12. The molecule has 0 rings (SSSR count). The molecule has 0 aromatic rings. The fourth-order valence-electron chi connectivity index (χ4n) is 15.3. The number of carbonyl (C=O) groups is 12. The SMILES string of the molecule is CCCCCCCCCCCCSCC(C)C(=O)OCCOC(=O)CCN(CCSCC(C)C(=O)OCCOC(=O)CCN(CCCN(C)C)CCC(=O)OCCOC(=O)C(C)CSCCN(CCC(=O)OCCOC(=O)C(C)CSCCCCCCCCCCCC)CCC(=O)OCCOC(=O)C(C)CSCCCCCCCCCCCC)CCC(=O)OCCOC(=O)C(C)CSCCCCCCCCCCCC. The summed E-state index contributed by atoms with van der Waals surface area (Å²) in [5.41, 5.74) is 0. The van der Waals surface area contributed by atoms with E-state index in [1.165, 1.54) is 255 Å². The van der Waals surface area contributed by atoms with Gasteiger partial charge in [-0.25, -0.2) is 0 Å². The summed E-state index contributed by atoms with van der Waals surface area (Å²) in [7, 11) is 3.92. The van der Waals surface area contributed by atoms with Crippen LogP contribution in [0.1, 0.15) is 371 Å². The number of thioether (sulfide) groups is 6. The average Bonchev–Trinajstić information content (AvgIpc) is 0.947. The molecule has 34 heteroatoms. The maximum Gasteiger partial charge on any atom is 0.309 e. The van der Waals surface area contributed by atoms with Crippen molar-refractivity contribution in [1.82, 2.24) is 19.6 Å². The van der Waals surface area contributed by atoms with E-state index in [2.05, 4.69) is 27.7 Å². The Balaban J connectivity index is 5.34. The van der Waals surface area contributed by atoms with Gasteiger partial charge in [0, 0.05) is 98.4 Å². The first-order valence-electron chi connectivity index (χ1n) is 56.5. The number of carbonyl (C=O) groups excluding carboxylic acids is 12. The molecule has 0 aliphatic heterocycles. The summed E-state index contributed by atoms with van der Waals surface area (Å²) in [5, 5.41) is 0. The molecule has 0 aliphatic rings. The molecule has 848 valence electrons. The number of rotatable bonds is 108. The summed E-state index contributed by atoms with van der Waals surface area (Å²) in [6.07, 6.45) is 51.9. The van der Waals surface area contributed by atoms with Gasteiger partial charge in [-0.15, -0.1) is 0 Å². The van der Waals surface area contributed by atoms with Crippen LogP contribution < -0.4 is 0 Å². The Bertz CT molecular complexity index is 2850. The third kappa shape index (κ3) is 94.1. The second-order valence-corrected chi connectivity index (χ2v) is 46.0. The summed E-state index contributed by atoms with van der Waals surface area (Å²) in [6.45, 7) is 22.6. The molecule has 0 bridgehead atoms. The zero-order valence-electron chi connectivity index (χ0n) is 92.8. The van der Waals surface area contributed by atoms with Crippen LogP contribution in [0, 0.1) is 35.5 Å². The smallest absolute Gasteiger partial charge is 0.309 e. The molecule has 0 N–H and O–H groups in total. The topological polar surface area (TPSA) is 329 Å². The highest BCUT2D eigenvalue weighted by Crippen LogP contribution is 2.23.